The first-order valence-electron chi connectivity index (χ1n) is 7.99. The Morgan fingerprint density at radius 2 is 1.67 bits per heavy atom. The van der Waals surface area contributed by atoms with Crippen molar-refractivity contribution in [1.82, 2.24) is 9.80 Å². The van der Waals surface area contributed by atoms with E-state index in [4.69, 9.17) is 0 Å². The third-order valence-electron chi connectivity index (χ3n) is 6.00. The Balaban J connectivity index is 1.58. The topological polar surface area (TPSA) is 26.7 Å². The molecule has 0 aromatic carbocycles. The van der Waals surface area contributed by atoms with E-state index < -0.39 is 0 Å². The molecule has 2 bridgehead atoms. The zero-order chi connectivity index (χ0) is 12.1. The Kier molecular flexibility index (Phi) is 2.90. The van der Waals surface area contributed by atoms with E-state index >= 15 is 0 Å². The van der Waals surface area contributed by atoms with Gasteiger partial charge < -0.3 is 5.11 Å². The zero-order valence-electron chi connectivity index (χ0n) is 11.3. The second kappa shape index (κ2) is 4.46. The first kappa shape index (κ1) is 11.7. The van der Waals surface area contributed by atoms with Crippen LogP contribution in [0.3, 0.4) is 0 Å². The normalized spacial score (nSPS) is 49.5. The number of rotatable bonds is 0. The van der Waals surface area contributed by atoms with Gasteiger partial charge in [-0.3, -0.25) is 9.80 Å². The van der Waals surface area contributed by atoms with E-state index in [9.17, 15) is 5.11 Å². The van der Waals surface area contributed by atoms with Gasteiger partial charge in [0, 0.05) is 25.2 Å². The number of piperidine rings is 4. The molecule has 0 saturated carbocycles. The third-order valence-corrected chi connectivity index (χ3v) is 6.00. The maximum absolute atomic E-state index is 10.4. The second-order valence-electron chi connectivity index (χ2n) is 7.01. The predicted molar refractivity (Wildman–Crippen MR) is 71.4 cm³/mol. The SMILES string of the molecule is O[C@H]1CCCN2CC3CC(CN4CCCC[C@@H]34)[C@@H]12. The van der Waals surface area contributed by atoms with E-state index in [-0.39, 0.29) is 6.10 Å². The number of nitrogens with zero attached hydrogens (tertiary/aromatic N) is 2. The third kappa shape index (κ3) is 1.75. The average Bonchev–Trinajstić information content (AvgIpc) is 2.39. The molecule has 2 unspecified atom stereocenters. The van der Waals surface area contributed by atoms with E-state index in [1.165, 1.54) is 58.3 Å². The van der Waals surface area contributed by atoms with Gasteiger partial charge in [-0.15, -0.1) is 0 Å². The molecule has 3 nitrogen and oxygen atoms in total. The lowest BCUT2D eigenvalue weighted by Gasteiger charge is -2.58. The van der Waals surface area contributed by atoms with Crippen LogP contribution in [0.5, 0.6) is 0 Å². The maximum Gasteiger partial charge on any atom is 0.0699 e. The molecule has 102 valence electrons. The fourth-order valence-corrected chi connectivity index (χ4v) is 5.34. The van der Waals surface area contributed by atoms with E-state index in [0.717, 1.165) is 24.3 Å². The number of hydrogen-bond acceptors (Lipinski definition) is 3. The van der Waals surface area contributed by atoms with Gasteiger partial charge in [-0.1, -0.05) is 6.42 Å². The van der Waals surface area contributed by atoms with Crippen LogP contribution in [0.15, 0.2) is 0 Å². The molecule has 4 fully saturated rings. The predicted octanol–water partition coefficient (Wildman–Crippen LogP) is 1.32. The van der Waals surface area contributed by atoms with Crippen LogP contribution in [0.1, 0.15) is 38.5 Å². The monoisotopic (exact) mass is 250 g/mol. The van der Waals surface area contributed by atoms with Gasteiger partial charge in [0.2, 0.25) is 0 Å². The number of fused-ring (bicyclic) bond motifs is 6. The van der Waals surface area contributed by atoms with Crippen LogP contribution < -0.4 is 0 Å². The van der Waals surface area contributed by atoms with Crippen LogP contribution in [0, 0.1) is 11.8 Å². The number of aliphatic hydroxyl groups is 1. The van der Waals surface area contributed by atoms with Crippen LogP contribution >= 0.6 is 0 Å². The summed E-state index contributed by atoms with van der Waals surface area (Å²) in [5, 5.41) is 10.4. The van der Waals surface area contributed by atoms with Crippen LogP contribution in [0.4, 0.5) is 0 Å². The lowest BCUT2D eigenvalue weighted by atomic mass is 9.70. The lowest BCUT2D eigenvalue weighted by molar-refractivity contribution is -0.111. The lowest BCUT2D eigenvalue weighted by Crippen LogP contribution is -2.66. The molecule has 4 heterocycles. The molecule has 0 radical (unpaired) electrons. The Bertz CT molecular complexity index is 322. The molecule has 4 saturated heterocycles. The van der Waals surface area contributed by atoms with Crippen LogP contribution in [0.25, 0.3) is 0 Å². The standard InChI is InChI=1S/C15H26N2O/c18-14-5-3-7-17-9-11-8-12(15(14)17)10-16-6-2-1-4-13(11)16/h11-15,18H,1-10H2/t11?,12?,13-,14-,15-/m0/s1. The Morgan fingerprint density at radius 1 is 0.833 bits per heavy atom. The van der Waals surface area contributed by atoms with Gasteiger partial charge in [0.15, 0.2) is 0 Å². The van der Waals surface area contributed by atoms with Crippen molar-refractivity contribution >= 4 is 0 Å². The highest BCUT2D eigenvalue weighted by molar-refractivity contribution is 5.02. The molecule has 4 aliphatic rings. The van der Waals surface area contributed by atoms with E-state index in [1.807, 2.05) is 0 Å². The summed E-state index contributed by atoms with van der Waals surface area (Å²) in [6.45, 7) is 5.08. The van der Waals surface area contributed by atoms with Crippen molar-refractivity contribution in [2.45, 2.75) is 56.7 Å². The first-order valence-corrected chi connectivity index (χ1v) is 7.99. The Labute approximate surface area is 110 Å². The molecular weight excluding hydrogens is 224 g/mol. The molecule has 4 aliphatic heterocycles. The summed E-state index contributed by atoms with van der Waals surface area (Å²) >= 11 is 0. The van der Waals surface area contributed by atoms with Crippen molar-refractivity contribution in [3.8, 4) is 0 Å². The minimum Gasteiger partial charge on any atom is -0.391 e. The number of hydrogen-bond donors (Lipinski definition) is 1. The summed E-state index contributed by atoms with van der Waals surface area (Å²) in [6.07, 6.45) is 7.84. The zero-order valence-corrected chi connectivity index (χ0v) is 11.3. The Hall–Kier alpha value is -0.120. The highest BCUT2D eigenvalue weighted by atomic mass is 16.3. The summed E-state index contributed by atoms with van der Waals surface area (Å²) in [4.78, 5) is 5.40. The van der Waals surface area contributed by atoms with Gasteiger partial charge in [0.25, 0.3) is 0 Å². The fourth-order valence-electron chi connectivity index (χ4n) is 5.34. The highest BCUT2D eigenvalue weighted by Crippen LogP contribution is 2.42. The van der Waals surface area contributed by atoms with Gasteiger partial charge in [-0.2, -0.15) is 0 Å². The van der Waals surface area contributed by atoms with Gasteiger partial charge >= 0.3 is 0 Å². The van der Waals surface area contributed by atoms with Crippen molar-refractivity contribution in [2.75, 3.05) is 26.2 Å². The molecule has 18 heavy (non-hydrogen) atoms. The van der Waals surface area contributed by atoms with Crippen molar-refractivity contribution in [3.05, 3.63) is 0 Å². The summed E-state index contributed by atoms with van der Waals surface area (Å²) in [5.74, 6) is 1.64. The van der Waals surface area contributed by atoms with Gasteiger partial charge in [0.05, 0.1) is 6.10 Å². The maximum atomic E-state index is 10.4. The molecule has 3 heteroatoms. The number of aliphatic hydroxyl groups excluding tert-OH is 1. The molecule has 0 spiro atoms. The minimum absolute atomic E-state index is 0.0500. The Morgan fingerprint density at radius 3 is 2.61 bits per heavy atom. The summed E-state index contributed by atoms with van der Waals surface area (Å²) < 4.78 is 0. The van der Waals surface area contributed by atoms with Crippen molar-refractivity contribution in [3.63, 3.8) is 0 Å². The smallest absolute Gasteiger partial charge is 0.0699 e. The first-order chi connectivity index (χ1) is 8.83. The minimum atomic E-state index is -0.0500. The van der Waals surface area contributed by atoms with Crippen LogP contribution in [-0.4, -0.2) is 59.3 Å². The van der Waals surface area contributed by atoms with E-state index in [2.05, 4.69) is 9.80 Å². The molecule has 0 aliphatic carbocycles. The summed E-state index contributed by atoms with van der Waals surface area (Å²) in [7, 11) is 0. The molecule has 4 rings (SSSR count). The van der Waals surface area contributed by atoms with Gasteiger partial charge in [-0.05, 0) is 57.0 Å². The summed E-state index contributed by atoms with van der Waals surface area (Å²) in [6, 6.07) is 1.35. The molecule has 5 atom stereocenters. The van der Waals surface area contributed by atoms with Crippen molar-refractivity contribution in [2.24, 2.45) is 11.8 Å². The molecule has 0 amide bonds. The highest BCUT2D eigenvalue weighted by Gasteiger charge is 2.48. The second-order valence-corrected chi connectivity index (χ2v) is 7.01. The van der Waals surface area contributed by atoms with Crippen LogP contribution in [0.2, 0.25) is 0 Å². The largest absolute Gasteiger partial charge is 0.391 e. The van der Waals surface area contributed by atoms with E-state index in [1.54, 1.807) is 0 Å². The molecular formula is C15H26N2O. The molecule has 0 aromatic heterocycles. The summed E-state index contributed by atoms with van der Waals surface area (Å²) in [5.41, 5.74) is 0. The molecule has 0 aromatic rings. The van der Waals surface area contributed by atoms with Crippen LogP contribution in [-0.2, 0) is 0 Å². The average molecular weight is 250 g/mol. The fraction of sp³-hybridized carbons (Fsp3) is 1.00. The van der Waals surface area contributed by atoms with E-state index in [0.29, 0.717) is 6.04 Å². The van der Waals surface area contributed by atoms with Gasteiger partial charge in [0.1, 0.15) is 0 Å². The quantitative estimate of drug-likeness (QED) is 0.702. The molecule has 1 N–H and O–H groups in total. The van der Waals surface area contributed by atoms with Gasteiger partial charge in [-0.25, -0.2) is 0 Å². The van der Waals surface area contributed by atoms with Crippen molar-refractivity contribution in [1.29, 1.82) is 0 Å². The van der Waals surface area contributed by atoms with Crippen molar-refractivity contribution < 1.29 is 5.11 Å².